The van der Waals surface area contributed by atoms with Crippen LogP contribution in [0.25, 0.3) is 0 Å². The fraction of sp³-hybridized carbons (Fsp3) is 0.647. The minimum atomic E-state index is 0.500. The molecule has 1 fully saturated rings. The second-order valence-corrected chi connectivity index (χ2v) is 5.51. The largest absolute Gasteiger partial charge is 0.369 e. The Bertz CT molecular complexity index is 371. The summed E-state index contributed by atoms with van der Waals surface area (Å²) < 4.78 is 0. The monoisotopic (exact) mass is 260 g/mol. The van der Waals surface area contributed by atoms with Crippen molar-refractivity contribution in [2.24, 2.45) is 0 Å². The third-order valence-electron chi connectivity index (χ3n) is 4.33. The second kappa shape index (κ2) is 6.95. The third kappa shape index (κ3) is 3.30. The van der Waals surface area contributed by atoms with E-state index in [0.717, 1.165) is 19.0 Å². The standard InChI is InChI=1S/C17H28N2/c1-4-15-8-7-13-19(15)16-11-9-14(10-12-16)17(5-2)18-6-3/h9-12,15,17-18H,4-8,13H2,1-3H3. The van der Waals surface area contributed by atoms with Crippen LogP contribution in [0.5, 0.6) is 0 Å². The van der Waals surface area contributed by atoms with Crippen LogP contribution in [-0.2, 0) is 0 Å². The number of benzene rings is 1. The number of anilines is 1. The van der Waals surface area contributed by atoms with Crippen LogP contribution in [0.3, 0.4) is 0 Å². The summed E-state index contributed by atoms with van der Waals surface area (Å²) in [4.78, 5) is 2.58. The SMILES string of the molecule is CCNC(CC)c1ccc(N2CCCC2CC)cc1. The van der Waals surface area contributed by atoms with Crippen LogP contribution in [0, 0.1) is 0 Å². The van der Waals surface area contributed by atoms with Crippen molar-refractivity contribution in [3.63, 3.8) is 0 Å². The van der Waals surface area contributed by atoms with E-state index in [1.807, 2.05) is 0 Å². The van der Waals surface area contributed by atoms with E-state index in [0.29, 0.717) is 6.04 Å². The van der Waals surface area contributed by atoms with Gasteiger partial charge in [-0.05, 0) is 49.9 Å². The topological polar surface area (TPSA) is 15.3 Å². The minimum absolute atomic E-state index is 0.500. The van der Waals surface area contributed by atoms with Crippen LogP contribution in [0.2, 0.25) is 0 Å². The normalized spacial score (nSPS) is 20.8. The zero-order valence-corrected chi connectivity index (χ0v) is 12.7. The highest BCUT2D eigenvalue weighted by Gasteiger charge is 2.22. The molecule has 0 radical (unpaired) electrons. The van der Waals surface area contributed by atoms with Crippen molar-refractivity contribution in [2.45, 2.75) is 58.5 Å². The van der Waals surface area contributed by atoms with E-state index >= 15 is 0 Å². The average molecular weight is 260 g/mol. The van der Waals surface area contributed by atoms with Gasteiger partial charge in [0.1, 0.15) is 0 Å². The quantitative estimate of drug-likeness (QED) is 0.827. The highest BCUT2D eigenvalue weighted by molar-refractivity contribution is 5.49. The van der Waals surface area contributed by atoms with E-state index in [9.17, 15) is 0 Å². The molecule has 0 spiro atoms. The molecule has 1 heterocycles. The Hall–Kier alpha value is -1.02. The third-order valence-corrected chi connectivity index (χ3v) is 4.33. The van der Waals surface area contributed by atoms with E-state index in [1.54, 1.807) is 0 Å². The van der Waals surface area contributed by atoms with Gasteiger partial charge in [-0.15, -0.1) is 0 Å². The van der Waals surface area contributed by atoms with Crippen molar-refractivity contribution < 1.29 is 0 Å². The van der Waals surface area contributed by atoms with Crippen LogP contribution in [0.15, 0.2) is 24.3 Å². The molecule has 0 amide bonds. The molecule has 2 atom stereocenters. The zero-order chi connectivity index (χ0) is 13.7. The molecular weight excluding hydrogens is 232 g/mol. The number of nitrogens with one attached hydrogen (secondary N) is 1. The van der Waals surface area contributed by atoms with Gasteiger partial charge in [-0.25, -0.2) is 0 Å². The first-order valence-electron chi connectivity index (χ1n) is 7.90. The van der Waals surface area contributed by atoms with Gasteiger partial charge in [-0.3, -0.25) is 0 Å². The maximum absolute atomic E-state index is 3.54. The fourth-order valence-electron chi connectivity index (χ4n) is 3.24. The van der Waals surface area contributed by atoms with E-state index in [1.165, 1.54) is 37.1 Å². The van der Waals surface area contributed by atoms with Gasteiger partial charge >= 0.3 is 0 Å². The fourth-order valence-corrected chi connectivity index (χ4v) is 3.24. The molecule has 0 aromatic heterocycles. The molecule has 0 bridgehead atoms. The number of rotatable bonds is 6. The first-order valence-corrected chi connectivity index (χ1v) is 7.90. The summed E-state index contributed by atoms with van der Waals surface area (Å²) in [5, 5.41) is 3.54. The van der Waals surface area contributed by atoms with Gasteiger partial charge in [-0.2, -0.15) is 0 Å². The van der Waals surface area contributed by atoms with Gasteiger partial charge in [0.25, 0.3) is 0 Å². The van der Waals surface area contributed by atoms with Gasteiger partial charge < -0.3 is 10.2 Å². The molecule has 1 aliphatic rings. The summed E-state index contributed by atoms with van der Waals surface area (Å²) in [5.41, 5.74) is 2.82. The molecule has 1 saturated heterocycles. The van der Waals surface area contributed by atoms with Crippen LogP contribution < -0.4 is 10.2 Å². The van der Waals surface area contributed by atoms with Gasteiger partial charge in [0, 0.05) is 24.3 Å². The Balaban J connectivity index is 2.09. The predicted molar refractivity (Wildman–Crippen MR) is 83.8 cm³/mol. The molecule has 0 saturated carbocycles. The van der Waals surface area contributed by atoms with Crippen molar-refractivity contribution in [3.8, 4) is 0 Å². The van der Waals surface area contributed by atoms with Crippen molar-refractivity contribution in [1.29, 1.82) is 0 Å². The van der Waals surface area contributed by atoms with Gasteiger partial charge in [0.05, 0.1) is 0 Å². The predicted octanol–water partition coefficient (Wildman–Crippen LogP) is 4.13. The lowest BCUT2D eigenvalue weighted by Gasteiger charge is -2.26. The Morgan fingerprint density at radius 1 is 1.21 bits per heavy atom. The van der Waals surface area contributed by atoms with Crippen LogP contribution in [0.4, 0.5) is 5.69 Å². The summed E-state index contributed by atoms with van der Waals surface area (Å²) in [6, 6.07) is 10.5. The number of hydrogen-bond donors (Lipinski definition) is 1. The summed E-state index contributed by atoms with van der Waals surface area (Å²) in [6.45, 7) is 8.98. The molecule has 2 nitrogen and oxygen atoms in total. The molecule has 1 aliphatic heterocycles. The van der Waals surface area contributed by atoms with Crippen molar-refractivity contribution in [2.75, 3.05) is 18.0 Å². The highest BCUT2D eigenvalue weighted by atomic mass is 15.2. The molecule has 1 N–H and O–H groups in total. The lowest BCUT2D eigenvalue weighted by Crippen LogP contribution is -2.28. The summed E-state index contributed by atoms with van der Waals surface area (Å²) >= 11 is 0. The molecule has 0 aliphatic carbocycles. The summed E-state index contributed by atoms with van der Waals surface area (Å²) in [7, 11) is 0. The van der Waals surface area contributed by atoms with E-state index in [2.05, 4.69) is 55.3 Å². The van der Waals surface area contributed by atoms with Crippen molar-refractivity contribution >= 4 is 5.69 Å². The molecule has 2 rings (SSSR count). The smallest absolute Gasteiger partial charge is 0.0368 e. The van der Waals surface area contributed by atoms with E-state index in [-0.39, 0.29) is 0 Å². The zero-order valence-electron chi connectivity index (χ0n) is 12.7. The second-order valence-electron chi connectivity index (χ2n) is 5.51. The van der Waals surface area contributed by atoms with Crippen LogP contribution >= 0.6 is 0 Å². The molecule has 19 heavy (non-hydrogen) atoms. The Morgan fingerprint density at radius 2 is 1.95 bits per heavy atom. The molecule has 1 aromatic carbocycles. The van der Waals surface area contributed by atoms with E-state index in [4.69, 9.17) is 0 Å². The Kier molecular flexibility index (Phi) is 5.26. The van der Waals surface area contributed by atoms with Gasteiger partial charge in [-0.1, -0.05) is 32.9 Å². The Labute approximate surface area is 118 Å². The number of hydrogen-bond acceptors (Lipinski definition) is 2. The van der Waals surface area contributed by atoms with Crippen molar-refractivity contribution in [1.82, 2.24) is 5.32 Å². The van der Waals surface area contributed by atoms with Crippen molar-refractivity contribution in [3.05, 3.63) is 29.8 Å². The lowest BCUT2D eigenvalue weighted by molar-refractivity contribution is 0.537. The molecule has 106 valence electrons. The summed E-state index contributed by atoms with van der Waals surface area (Å²) in [6.07, 6.45) is 5.10. The Morgan fingerprint density at radius 3 is 2.53 bits per heavy atom. The summed E-state index contributed by atoms with van der Waals surface area (Å²) in [5.74, 6) is 0. The maximum Gasteiger partial charge on any atom is 0.0368 e. The van der Waals surface area contributed by atoms with Gasteiger partial charge in [0.2, 0.25) is 0 Å². The average Bonchev–Trinajstić information content (AvgIpc) is 2.93. The molecule has 2 heteroatoms. The highest BCUT2D eigenvalue weighted by Crippen LogP contribution is 2.28. The molecular formula is C17H28N2. The minimum Gasteiger partial charge on any atom is -0.369 e. The molecule has 1 aromatic rings. The number of nitrogens with zero attached hydrogens (tertiary/aromatic N) is 1. The maximum atomic E-state index is 3.54. The van der Waals surface area contributed by atoms with Gasteiger partial charge in [0.15, 0.2) is 0 Å². The molecule has 2 unspecified atom stereocenters. The lowest BCUT2D eigenvalue weighted by atomic mass is 10.0. The first-order chi connectivity index (χ1) is 9.30. The van der Waals surface area contributed by atoms with Crippen LogP contribution in [-0.4, -0.2) is 19.1 Å². The first kappa shape index (κ1) is 14.4. The van der Waals surface area contributed by atoms with E-state index < -0.39 is 0 Å². The van der Waals surface area contributed by atoms with Crippen LogP contribution in [0.1, 0.15) is 58.1 Å².